The molecule has 0 radical (unpaired) electrons. The van der Waals surface area contributed by atoms with Gasteiger partial charge in [-0.15, -0.1) is 0 Å². The summed E-state index contributed by atoms with van der Waals surface area (Å²) in [5.41, 5.74) is 3.17. The van der Waals surface area contributed by atoms with Gasteiger partial charge in [-0.3, -0.25) is 4.68 Å². The Kier molecular flexibility index (Phi) is 5.20. The molecule has 1 heterocycles. The zero-order valence-corrected chi connectivity index (χ0v) is 14.0. The summed E-state index contributed by atoms with van der Waals surface area (Å²) in [4.78, 5) is 1.95. The fraction of sp³-hybridized carbons (Fsp3) is 0.333. The van der Waals surface area contributed by atoms with Gasteiger partial charge in [0.15, 0.2) is 5.11 Å². The molecule has 0 aliphatic heterocycles. The molecule has 0 fully saturated rings. The topological polar surface area (TPSA) is 33.1 Å². The molecular formula is C15H19ClN4S. The number of benzene rings is 1. The molecule has 112 valence electrons. The molecule has 6 heteroatoms. The molecule has 0 saturated heterocycles. The fourth-order valence-electron chi connectivity index (χ4n) is 1.97. The lowest BCUT2D eigenvalue weighted by Gasteiger charge is -2.21. The van der Waals surface area contributed by atoms with E-state index in [1.54, 1.807) is 6.20 Å². The molecule has 0 unspecified atom stereocenters. The third-order valence-corrected chi connectivity index (χ3v) is 3.96. The van der Waals surface area contributed by atoms with Gasteiger partial charge < -0.3 is 10.2 Å². The maximum absolute atomic E-state index is 6.18. The Hall–Kier alpha value is -1.59. The van der Waals surface area contributed by atoms with Gasteiger partial charge >= 0.3 is 0 Å². The summed E-state index contributed by atoms with van der Waals surface area (Å²) in [5, 5.41) is 8.78. The Morgan fingerprint density at radius 2 is 2.05 bits per heavy atom. The van der Waals surface area contributed by atoms with Gasteiger partial charge in [0.1, 0.15) is 0 Å². The van der Waals surface area contributed by atoms with Crippen LogP contribution in [0.2, 0.25) is 5.02 Å². The van der Waals surface area contributed by atoms with E-state index in [0.717, 1.165) is 17.9 Å². The van der Waals surface area contributed by atoms with Gasteiger partial charge in [0.05, 0.1) is 23.5 Å². The highest BCUT2D eigenvalue weighted by molar-refractivity contribution is 7.80. The third kappa shape index (κ3) is 3.95. The molecule has 4 nitrogen and oxygen atoms in total. The SMILES string of the molecule is CCn1ncc(Cl)c1CN(C)C(=S)Nc1ccc(C)cc1. The van der Waals surface area contributed by atoms with Crippen molar-refractivity contribution in [3.63, 3.8) is 0 Å². The van der Waals surface area contributed by atoms with E-state index in [-0.39, 0.29) is 0 Å². The first-order valence-corrected chi connectivity index (χ1v) is 7.59. The van der Waals surface area contributed by atoms with Crippen molar-refractivity contribution in [3.8, 4) is 0 Å². The van der Waals surface area contributed by atoms with Crippen LogP contribution in [-0.4, -0.2) is 26.8 Å². The van der Waals surface area contributed by atoms with Crippen LogP contribution in [0.15, 0.2) is 30.5 Å². The number of hydrogen-bond acceptors (Lipinski definition) is 2. The second-order valence-corrected chi connectivity index (χ2v) is 5.70. The summed E-state index contributed by atoms with van der Waals surface area (Å²) in [7, 11) is 1.94. The van der Waals surface area contributed by atoms with E-state index in [9.17, 15) is 0 Å². The second kappa shape index (κ2) is 6.91. The first kappa shape index (κ1) is 15.8. The Balaban J connectivity index is 2.02. The number of thiocarbonyl (C=S) groups is 1. The van der Waals surface area contributed by atoms with Crippen LogP contribution >= 0.6 is 23.8 Å². The summed E-state index contributed by atoms with van der Waals surface area (Å²) >= 11 is 11.6. The molecule has 0 aliphatic carbocycles. The minimum Gasteiger partial charge on any atom is -0.346 e. The Morgan fingerprint density at radius 3 is 2.67 bits per heavy atom. The van der Waals surface area contributed by atoms with Crippen molar-refractivity contribution in [2.45, 2.75) is 26.9 Å². The summed E-state index contributed by atoms with van der Waals surface area (Å²) in [5.74, 6) is 0. The first-order chi connectivity index (χ1) is 10.0. The molecule has 0 saturated carbocycles. The Labute approximate surface area is 135 Å². The second-order valence-electron chi connectivity index (χ2n) is 4.91. The number of nitrogens with one attached hydrogen (secondary N) is 1. The van der Waals surface area contributed by atoms with Crippen molar-refractivity contribution in [3.05, 3.63) is 46.7 Å². The number of aryl methyl sites for hydroxylation is 2. The maximum atomic E-state index is 6.18. The first-order valence-electron chi connectivity index (χ1n) is 6.80. The van der Waals surface area contributed by atoms with Gasteiger partial charge in [0, 0.05) is 19.3 Å². The van der Waals surface area contributed by atoms with E-state index in [1.165, 1.54) is 5.56 Å². The fourth-order valence-corrected chi connectivity index (χ4v) is 2.35. The van der Waals surface area contributed by atoms with E-state index in [0.29, 0.717) is 16.7 Å². The van der Waals surface area contributed by atoms with E-state index in [1.807, 2.05) is 47.8 Å². The third-order valence-electron chi connectivity index (χ3n) is 3.23. The molecule has 2 rings (SSSR count). The van der Waals surface area contributed by atoms with Crippen LogP contribution in [0.3, 0.4) is 0 Å². The molecule has 0 bridgehead atoms. The predicted octanol–water partition coefficient (Wildman–Crippen LogP) is 3.69. The summed E-state index contributed by atoms with van der Waals surface area (Å²) in [6.45, 7) is 5.50. The molecule has 2 aromatic rings. The molecule has 1 N–H and O–H groups in total. The molecule has 0 aliphatic rings. The van der Waals surface area contributed by atoms with Gasteiger partial charge in [-0.1, -0.05) is 29.3 Å². The minimum atomic E-state index is 0.615. The highest BCUT2D eigenvalue weighted by Crippen LogP contribution is 2.17. The van der Waals surface area contributed by atoms with E-state index >= 15 is 0 Å². The number of rotatable bonds is 4. The number of aromatic nitrogens is 2. The monoisotopic (exact) mass is 322 g/mol. The van der Waals surface area contributed by atoms with E-state index < -0.39 is 0 Å². The highest BCUT2D eigenvalue weighted by atomic mass is 35.5. The average Bonchev–Trinajstić information content (AvgIpc) is 2.82. The molecule has 1 aromatic carbocycles. The molecule has 1 aromatic heterocycles. The average molecular weight is 323 g/mol. The number of nitrogens with zero attached hydrogens (tertiary/aromatic N) is 3. The lowest BCUT2D eigenvalue weighted by molar-refractivity contribution is 0.471. The molecule has 21 heavy (non-hydrogen) atoms. The van der Waals surface area contributed by atoms with E-state index in [2.05, 4.69) is 17.3 Å². The quantitative estimate of drug-likeness (QED) is 0.870. The van der Waals surface area contributed by atoms with E-state index in [4.69, 9.17) is 23.8 Å². The zero-order chi connectivity index (χ0) is 15.4. The maximum Gasteiger partial charge on any atom is 0.173 e. The van der Waals surface area contributed by atoms with Crippen molar-refractivity contribution in [1.82, 2.24) is 14.7 Å². The summed E-state index contributed by atoms with van der Waals surface area (Å²) in [6.07, 6.45) is 1.67. The van der Waals surface area contributed by atoms with Crippen molar-refractivity contribution in [2.24, 2.45) is 0 Å². The number of hydrogen-bond donors (Lipinski definition) is 1. The van der Waals surface area contributed by atoms with Crippen LogP contribution in [0.5, 0.6) is 0 Å². The lowest BCUT2D eigenvalue weighted by atomic mass is 10.2. The van der Waals surface area contributed by atoms with Gasteiger partial charge in [-0.05, 0) is 38.2 Å². The number of halogens is 1. The van der Waals surface area contributed by atoms with Crippen molar-refractivity contribution in [2.75, 3.05) is 12.4 Å². The standard InChI is InChI=1S/C15H19ClN4S/c1-4-20-14(13(16)9-17-20)10-19(3)15(21)18-12-7-5-11(2)6-8-12/h5-9H,4,10H2,1-3H3,(H,18,21). The van der Waals surface area contributed by atoms with Crippen molar-refractivity contribution in [1.29, 1.82) is 0 Å². The number of anilines is 1. The molecular weight excluding hydrogens is 304 g/mol. The molecule has 0 amide bonds. The summed E-state index contributed by atoms with van der Waals surface area (Å²) in [6, 6.07) is 8.12. The van der Waals surface area contributed by atoms with Crippen LogP contribution in [0.1, 0.15) is 18.2 Å². The Bertz CT molecular complexity index is 621. The highest BCUT2D eigenvalue weighted by Gasteiger charge is 2.12. The van der Waals surface area contributed by atoms with Crippen LogP contribution in [0, 0.1) is 6.92 Å². The van der Waals surface area contributed by atoms with Crippen LogP contribution in [0.25, 0.3) is 0 Å². The summed E-state index contributed by atoms with van der Waals surface area (Å²) < 4.78 is 1.88. The molecule has 0 spiro atoms. The smallest absolute Gasteiger partial charge is 0.173 e. The van der Waals surface area contributed by atoms with Gasteiger partial charge in [-0.25, -0.2) is 0 Å². The van der Waals surface area contributed by atoms with Gasteiger partial charge in [0.2, 0.25) is 0 Å². The minimum absolute atomic E-state index is 0.615. The predicted molar refractivity (Wildman–Crippen MR) is 91.8 cm³/mol. The lowest BCUT2D eigenvalue weighted by Crippen LogP contribution is -2.31. The van der Waals surface area contributed by atoms with Crippen molar-refractivity contribution < 1.29 is 0 Å². The van der Waals surface area contributed by atoms with Gasteiger partial charge in [0.25, 0.3) is 0 Å². The molecule has 0 atom stereocenters. The zero-order valence-electron chi connectivity index (χ0n) is 12.4. The Morgan fingerprint density at radius 1 is 1.38 bits per heavy atom. The largest absolute Gasteiger partial charge is 0.346 e. The van der Waals surface area contributed by atoms with Crippen LogP contribution in [0.4, 0.5) is 5.69 Å². The van der Waals surface area contributed by atoms with Crippen LogP contribution in [-0.2, 0) is 13.1 Å². The van der Waals surface area contributed by atoms with Crippen molar-refractivity contribution >= 4 is 34.6 Å². The van der Waals surface area contributed by atoms with Crippen LogP contribution < -0.4 is 5.32 Å². The normalized spacial score (nSPS) is 10.5. The van der Waals surface area contributed by atoms with Gasteiger partial charge in [-0.2, -0.15) is 5.10 Å².